The van der Waals surface area contributed by atoms with Gasteiger partial charge in [0.05, 0.1) is 11.3 Å². The van der Waals surface area contributed by atoms with Crippen molar-refractivity contribution in [3.05, 3.63) is 29.1 Å². The van der Waals surface area contributed by atoms with Crippen molar-refractivity contribution in [2.24, 2.45) is 5.92 Å². The van der Waals surface area contributed by atoms with Crippen LogP contribution in [-0.2, 0) is 13.0 Å². The van der Waals surface area contributed by atoms with Gasteiger partial charge in [-0.3, -0.25) is 19.9 Å². The molecule has 0 saturated heterocycles. The molecule has 0 aromatic carbocycles. The standard InChI is InChI=1S/C18H28N4O2.2H2/c1-21(2)8-3-4-13-5-6-17(13)22-9-7-14-10-15(18(23)20-24)11-19-16(14)12-22;;/h10-11,13,17,24H,3-9,12H2,1-2H3,(H,20,23);2*1H/t13?,17-;;/m1../s1. The van der Waals surface area contributed by atoms with E-state index >= 15 is 0 Å². The fraction of sp³-hybridized carbons (Fsp3) is 0.667. The first-order chi connectivity index (χ1) is 11.6. The summed E-state index contributed by atoms with van der Waals surface area (Å²) < 4.78 is 0. The summed E-state index contributed by atoms with van der Waals surface area (Å²) in [5, 5.41) is 8.74. The summed E-state index contributed by atoms with van der Waals surface area (Å²) in [5.41, 5.74) is 4.31. The molecule has 2 heterocycles. The lowest BCUT2D eigenvalue weighted by Gasteiger charge is -2.46. The van der Waals surface area contributed by atoms with E-state index in [0.717, 1.165) is 36.7 Å². The molecular formula is C18H32N4O2. The number of rotatable bonds is 6. The molecule has 136 valence electrons. The van der Waals surface area contributed by atoms with E-state index in [1.54, 1.807) is 11.7 Å². The molecule has 6 nitrogen and oxygen atoms in total. The Morgan fingerprint density at radius 2 is 2.33 bits per heavy atom. The van der Waals surface area contributed by atoms with E-state index in [1.807, 2.05) is 6.07 Å². The van der Waals surface area contributed by atoms with Crippen LogP contribution in [0.5, 0.6) is 0 Å². The highest BCUT2D eigenvalue weighted by Gasteiger charge is 2.36. The van der Waals surface area contributed by atoms with Crippen LogP contribution in [0.25, 0.3) is 0 Å². The monoisotopic (exact) mass is 336 g/mol. The molecule has 1 aromatic rings. The van der Waals surface area contributed by atoms with Crippen molar-refractivity contribution in [1.82, 2.24) is 20.3 Å². The average molecular weight is 336 g/mol. The van der Waals surface area contributed by atoms with Crippen LogP contribution in [0.4, 0.5) is 0 Å². The van der Waals surface area contributed by atoms with Gasteiger partial charge in [0, 0.05) is 28.2 Å². The highest BCUT2D eigenvalue weighted by Crippen LogP contribution is 2.37. The van der Waals surface area contributed by atoms with Crippen molar-refractivity contribution < 1.29 is 12.9 Å². The second-order valence-electron chi connectivity index (χ2n) is 7.34. The molecule has 1 fully saturated rings. The van der Waals surface area contributed by atoms with Gasteiger partial charge in [0.15, 0.2) is 0 Å². The van der Waals surface area contributed by atoms with Crippen LogP contribution in [0.3, 0.4) is 0 Å². The SMILES string of the molecule is CN(C)CCCC1CC[C@H]1N1CCc2cc(C(=O)NO)cnc2C1.[HH].[HH]. The van der Waals surface area contributed by atoms with E-state index < -0.39 is 5.91 Å². The summed E-state index contributed by atoms with van der Waals surface area (Å²) in [6, 6.07) is 2.56. The molecule has 6 heteroatoms. The maximum atomic E-state index is 11.5. The van der Waals surface area contributed by atoms with Gasteiger partial charge >= 0.3 is 0 Å². The van der Waals surface area contributed by atoms with Gasteiger partial charge in [0.25, 0.3) is 5.91 Å². The van der Waals surface area contributed by atoms with Crippen LogP contribution in [0.2, 0.25) is 0 Å². The van der Waals surface area contributed by atoms with Crippen LogP contribution in [-0.4, -0.2) is 59.1 Å². The highest BCUT2D eigenvalue weighted by atomic mass is 16.5. The van der Waals surface area contributed by atoms with E-state index in [9.17, 15) is 4.79 Å². The minimum atomic E-state index is -0.493. The zero-order valence-corrected chi connectivity index (χ0v) is 14.7. The minimum Gasteiger partial charge on any atom is -0.309 e. The zero-order chi connectivity index (χ0) is 17.1. The van der Waals surface area contributed by atoms with Gasteiger partial charge in [-0.1, -0.05) is 0 Å². The fourth-order valence-electron chi connectivity index (χ4n) is 3.94. The molecule has 2 atom stereocenters. The van der Waals surface area contributed by atoms with Crippen LogP contribution in [0.15, 0.2) is 12.3 Å². The summed E-state index contributed by atoms with van der Waals surface area (Å²) in [6.07, 6.45) is 7.72. The van der Waals surface area contributed by atoms with Gasteiger partial charge in [0.2, 0.25) is 0 Å². The lowest BCUT2D eigenvalue weighted by atomic mass is 9.75. The predicted molar refractivity (Wildman–Crippen MR) is 96.1 cm³/mol. The Morgan fingerprint density at radius 3 is 3.00 bits per heavy atom. The predicted octanol–water partition coefficient (Wildman–Crippen LogP) is 2.17. The number of fused-ring (bicyclic) bond motifs is 1. The number of hydroxylamine groups is 1. The largest absolute Gasteiger partial charge is 0.309 e. The number of hydrogen-bond acceptors (Lipinski definition) is 5. The molecule has 2 aliphatic rings. The number of hydrogen-bond donors (Lipinski definition) is 2. The van der Waals surface area contributed by atoms with Gasteiger partial charge in [-0.2, -0.15) is 0 Å². The number of carbonyl (C=O) groups excluding carboxylic acids is 1. The Hall–Kier alpha value is -1.50. The Morgan fingerprint density at radius 1 is 1.50 bits per heavy atom. The van der Waals surface area contributed by atoms with Crippen LogP contribution < -0.4 is 5.48 Å². The van der Waals surface area contributed by atoms with Gasteiger partial charge < -0.3 is 4.90 Å². The van der Waals surface area contributed by atoms with Gasteiger partial charge in [0.1, 0.15) is 0 Å². The third-order valence-corrected chi connectivity index (χ3v) is 5.47. The molecule has 2 N–H and O–H groups in total. The number of amides is 1. The van der Waals surface area contributed by atoms with Gasteiger partial charge in [-0.05, 0) is 70.3 Å². The molecule has 0 bridgehead atoms. The maximum absolute atomic E-state index is 11.5. The van der Waals surface area contributed by atoms with Crippen molar-refractivity contribution in [1.29, 1.82) is 0 Å². The molecule has 0 radical (unpaired) electrons. The van der Waals surface area contributed by atoms with Gasteiger partial charge in [-0.25, -0.2) is 5.48 Å². The molecule has 24 heavy (non-hydrogen) atoms. The van der Waals surface area contributed by atoms with E-state index in [0.29, 0.717) is 11.6 Å². The summed E-state index contributed by atoms with van der Waals surface area (Å²) in [7, 11) is 4.27. The second-order valence-corrected chi connectivity index (χ2v) is 7.34. The molecule has 1 aliphatic heterocycles. The number of carbonyl (C=O) groups is 1. The molecule has 1 aliphatic carbocycles. The lowest BCUT2D eigenvalue weighted by molar-refractivity contribution is 0.0433. The van der Waals surface area contributed by atoms with E-state index in [2.05, 4.69) is 28.9 Å². The molecule has 1 amide bonds. The quantitative estimate of drug-likeness (QED) is 0.615. The molecule has 1 saturated carbocycles. The smallest absolute Gasteiger partial charge is 0.276 e. The van der Waals surface area contributed by atoms with E-state index in [4.69, 9.17) is 5.21 Å². The number of aromatic nitrogens is 1. The van der Waals surface area contributed by atoms with Crippen molar-refractivity contribution >= 4 is 5.91 Å². The average Bonchev–Trinajstić information content (AvgIpc) is 2.56. The first kappa shape index (κ1) is 17.3. The van der Waals surface area contributed by atoms with Crippen molar-refractivity contribution in [2.75, 3.05) is 27.2 Å². The third kappa shape index (κ3) is 3.77. The highest BCUT2D eigenvalue weighted by molar-refractivity contribution is 5.93. The first-order valence-electron chi connectivity index (χ1n) is 8.89. The summed E-state index contributed by atoms with van der Waals surface area (Å²) in [6.45, 7) is 3.09. The van der Waals surface area contributed by atoms with Gasteiger partial charge in [-0.15, -0.1) is 0 Å². The Balaban J connectivity index is 0.00000169. The minimum absolute atomic E-state index is 0. The summed E-state index contributed by atoms with van der Waals surface area (Å²) in [4.78, 5) is 20.8. The number of pyridine rings is 1. The molecule has 1 unspecified atom stereocenters. The zero-order valence-electron chi connectivity index (χ0n) is 14.7. The molecule has 3 rings (SSSR count). The van der Waals surface area contributed by atoms with Crippen molar-refractivity contribution in [3.63, 3.8) is 0 Å². The first-order valence-corrected chi connectivity index (χ1v) is 8.89. The van der Waals surface area contributed by atoms with Crippen LogP contribution in [0, 0.1) is 5.92 Å². The Kier molecular flexibility index (Phi) is 5.48. The normalized spacial score (nSPS) is 23.7. The lowest BCUT2D eigenvalue weighted by Crippen LogP contribution is -2.49. The maximum Gasteiger partial charge on any atom is 0.276 e. The molecular weight excluding hydrogens is 304 g/mol. The number of nitrogens with one attached hydrogen (secondary N) is 1. The number of nitrogens with zero attached hydrogens (tertiary/aromatic N) is 3. The van der Waals surface area contributed by atoms with E-state index in [-0.39, 0.29) is 2.85 Å². The summed E-state index contributed by atoms with van der Waals surface area (Å²) in [5.74, 6) is 0.332. The Labute approximate surface area is 146 Å². The van der Waals surface area contributed by atoms with Crippen LogP contribution in [0.1, 0.15) is 50.2 Å². The topological polar surface area (TPSA) is 68.7 Å². The second kappa shape index (κ2) is 7.59. The fourth-order valence-corrected chi connectivity index (χ4v) is 3.94. The van der Waals surface area contributed by atoms with Crippen LogP contribution >= 0.6 is 0 Å². The summed E-state index contributed by atoms with van der Waals surface area (Å²) >= 11 is 0. The third-order valence-electron chi connectivity index (χ3n) is 5.47. The Bertz CT molecular complexity index is 601. The molecule has 0 spiro atoms. The van der Waals surface area contributed by atoms with Crippen molar-refractivity contribution in [2.45, 2.75) is 44.7 Å². The van der Waals surface area contributed by atoms with E-state index in [1.165, 1.54) is 32.2 Å². The van der Waals surface area contributed by atoms with Crippen molar-refractivity contribution in [3.8, 4) is 0 Å². The molecule has 1 aromatic heterocycles.